The fourth-order valence-electron chi connectivity index (χ4n) is 5.66. The number of ether oxygens (including phenoxy) is 1. The van der Waals surface area contributed by atoms with Gasteiger partial charge in [-0.05, 0) is 42.7 Å². The molecule has 3 aliphatic rings. The number of aliphatic hydroxyl groups excluding tert-OH is 2. The minimum Gasteiger partial charge on any atom is -0.387 e. The van der Waals surface area contributed by atoms with Gasteiger partial charge in [-0.25, -0.2) is 4.98 Å². The highest BCUT2D eigenvalue weighted by molar-refractivity contribution is 7.70. The molecule has 5 N–H and O–H groups in total. The Balaban J connectivity index is 1.34. The predicted molar refractivity (Wildman–Crippen MR) is 131 cm³/mol. The second-order valence-electron chi connectivity index (χ2n) is 10.1. The normalized spacial score (nSPS) is 29.8. The maximum absolute atomic E-state index is 12.0. The number of aromatic nitrogens is 4. The molecule has 1 saturated carbocycles. The second kappa shape index (κ2) is 10.1. The molecule has 14 nitrogen and oxygen atoms in total. The van der Waals surface area contributed by atoms with Crippen molar-refractivity contribution in [2.45, 2.75) is 63.1 Å². The highest BCUT2D eigenvalue weighted by Crippen LogP contribution is 2.55. The lowest BCUT2D eigenvalue weighted by molar-refractivity contribution is -0.0483. The van der Waals surface area contributed by atoms with Crippen molar-refractivity contribution >= 4 is 43.8 Å². The van der Waals surface area contributed by atoms with E-state index in [-0.39, 0.29) is 10.9 Å². The van der Waals surface area contributed by atoms with Crippen molar-refractivity contribution in [3.63, 3.8) is 0 Å². The van der Waals surface area contributed by atoms with Gasteiger partial charge in [-0.3, -0.25) is 13.7 Å². The zero-order valence-corrected chi connectivity index (χ0v) is 22.4. The molecule has 1 aliphatic carbocycles. The van der Waals surface area contributed by atoms with E-state index in [2.05, 4.69) is 19.9 Å². The summed E-state index contributed by atoms with van der Waals surface area (Å²) in [4.78, 5) is 42.8. The number of piperidine rings is 1. The first kappa shape index (κ1) is 27.4. The molecule has 0 bridgehead atoms. The van der Waals surface area contributed by atoms with Crippen molar-refractivity contribution in [3.8, 4) is 0 Å². The molecular formula is C20H30ClN5O9P2. The predicted octanol–water partition coefficient (Wildman–Crippen LogP) is 1.60. The van der Waals surface area contributed by atoms with Gasteiger partial charge in [0.15, 0.2) is 29.1 Å². The summed E-state index contributed by atoms with van der Waals surface area (Å²) in [7, 11) is -9.49. The molecule has 0 amide bonds. The molecular weight excluding hydrogens is 552 g/mol. The van der Waals surface area contributed by atoms with E-state index in [4.69, 9.17) is 30.6 Å². The van der Waals surface area contributed by atoms with Gasteiger partial charge in [-0.15, -0.1) is 0 Å². The Hall–Kier alpha value is -1.18. The molecule has 206 valence electrons. The highest BCUT2D eigenvalue weighted by Gasteiger charge is 2.46. The van der Waals surface area contributed by atoms with Crippen molar-refractivity contribution in [3.05, 3.63) is 11.6 Å². The second-order valence-corrected chi connectivity index (χ2v) is 14.5. The Bertz CT molecular complexity index is 1240. The number of fused-ring (bicyclic) bond motifs is 1. The SMILES string of the molecule is O=P(O)(O)CP(=O)(O)OC[C@H]1O[C@@H](n2cnc3c(N4CCC5(CCCC5)CC4)nc(Cl)nc32)C(O)C1O. The maximum Gasteiger partial charge on any atom is 0.340 e. The van der Waals surface area contributed by atoms with Crippen LogP contribution in [0, 0.1) is 5.41 Å². The number of halogens is 1. The molecule has 17 heteroatoms. The van der Waals surface area contributed by atoms with Crippen molar-refractivity contribution < 1.29 is 43.3 Å². The molecule has 3 unspecified atom stereocenters. The van der Waals surface area contributed by atoms with Crippen LogP contribution >= 0.6 is 26.8 Å². The third-order valence-electron chi connectivity index (χ3n) is 7.58. The summed E-state index contributed by atoms with van der Waals surface area (Å²) >= 11 is 6.26. The Morgan fingerprint density at radius 1 is 1.08 bits per heavy atom. The molecule has 2 aromatic heterocycles. The van der Waals surface area contributed by atoms with Gasteiger partial charge in [-0.2, -0.15) is 9.97 Å². The quantitative estimate of drug-likeness (QED) is 0.233. The van der Waals surface area contributed by atoms with Crippen LogP contribution in [0.1, 0.15) is 44.8 Å². The van der Waals surface area contributed by atoms with E-state index in [0.717, 1.165) is 25.9 Å². The third-order valence-corrected chi connectivity index (χ3v) is 11.2. The van der Waals surface area contributed by atoms with E-state index in [1.807, 2.05) is 0 Å². The van der Waals surface area contributed by atoms with Gasteiger partial charge in [0, 0.05) is 13.1 Å². The minimum absolute atomic E-state index is 0.0167. The van der Waals surface area contributed by atoms with Gasteiger partial charge in [-0.1, -0.05) is 12.8 Å². The average molecular weight is 582 g/mol. The van der Waals surface area contributed by atoms with Gasteiger partial charge in [0.05, 0.1) is 12.9 Å². The average Bonchev–Trinajstić information content (AvgIpc) is 3.50. The highest BCUT2D eigenvalue weighted by atomic mass is 35.5. The first-order valence-electron chi connectivity index (χ1n) is 12.0. The summed E-state index contributed by atoms with van der Waals surface area (Å²) in [5, 5.41) is 21.1. The summed E-state index contributed by atoms with van der Waals surface area (Å²) in [6.07, 6.45) is 3.10. The number of hydrogen-bond acceptors (Lipinski definition) is 10. The van der Waals surface area contributed by atoms with Gasteiger partial charge in [0.1, 0.15) is 18.3 Å². The molecule has 3 fully saturated rings. The molecule has 1 spiro atoms. The summed E-state index contributed by atoms with van der Waals surface area (Å²) in [6.45, 7) is 0.934. The van der Waals surface area contributed by atoms with E-state index in [1.165, 1.54) is 36.6 Å². The Kier molecular flexibility index (Phi) is 7.47. The Morgan fingerprint density at radius 2 is 1.76 bits per heavy atom. The standard InChI is InChI=1S/C20H30ClN5O9P2/c21-19-23-16(25-7-5-20(6-8-25)3-1-2-4-20)13-17(24-19)26(10-22-13)18-15(28)14(27)12(35-18)9-34-37(32,33)11-36(29,30)31/h10,12,14-15,18,27-28H,1-9,11H2,(H,32,33)(H2,29,30,31)/t12-,14?,15?,18-/m1/s1. The number of anilines is 1. The van der Waals surface area contributed by atoms with Crippen LogP contribution in [0.3, 0.4) is 0 Å². The lowest BCUT2D eigenvalue weighted by atomic mass is 9.77. The number of rotatable bonds is 7. The molecule has 2 aliphatic heterocycles. The summed E-state index contributed by atoms with van der Waals surface area (Å²) < 4.78 is 34.9. The fourth-order valence-corrected chi connectivity index (χ4v) is 8.39. The van der Waals surface area contributed by atoms with Crippen molar-refractivity contribution in [1.82, 2.24) is 19.5 Å². The number of hydrogen-bond donors (Lipinski definition) is 5. The maximum atomic E-state index is 12.0. The molecule has 2 saturated heterocycles. The van der Waals surface area contributed by atoms with E-state index in [1.54, 1.807) is 0 Å². The Labute approximate surface area is 217 Å². The number of aliphatic hydroxyl groups is 2. The first-order valence-corrected chi connectivity index (χ1v) is 16.0. The molecule has 2 aromatic rings. The fraction of sp³-hybridized carbons (Fsp3) is 0.750. The molecule has 0 aromatic carbocycles. The first-order chi connectivity index (χ1) is 17.4. The smallest absolute Gasteiger partial charge is 0.340 e. The molecule has 4 heterocycles. The van der Waals surface area contributed by atoms with Crippen molar-refractivity contribution in [1.29, 1.82) is 0 Å². The van der Waals surface area contributed by atoms with Crippen molar-refractivity contribution in [2.75, 3.05) is 30.5 Å². The van der Waals surface area contributed by atoms with Crippen LogP contribution in [-0.2, 0) is 18.4 Å². The van der Waals surface area contributed by atoms with E-state index in [0.29, 0.717) is 16.7 Å². The largest absolute Gasteiger partial charge is 0.387 e. The van der Waals surface area contributed by atoms with Crippen LogP contribution in [0.15, 0.2) is 6.33 Å². The molecule has 5 rings (SSSR count). The van der Waals surface area contributed by atoms with Crippen LogP contribution in [-0.4, -0.2) is 88.3 Å². The van der Waals surface area contributed by atoms with E-state index >= 15 is 0 Å². The van der Waals surface area contributed by atoms with Crippen molar-refractivity contribution in [2.24, 2.45) is 5.41 Å². The van der Waals surface area contributed by atoms with E-state index < -0.39 is 52.2 Å². The third kappa shape index (κ3) is 5.74. The molecule has 5 atom stereocenters. The minimum atomic E-state index is -4.82. The zero-order chi connectivity index (χ0) is 26.6. The van der Waals surface area contributed by atoms with Gasteiger partial charge in [0.25, 0.3) is 0 Å². The van der Waals surface area contributed by atoms with Crippen LogP contribution in [0.25, 0.3) is 11.2 Å². The molecule has 0 radical (unpaired) electrons. The van der Waals surface area contributed by atoms with Crippen LogP contribution < -0.4 is 4.90 Å². The molecule has 37 heavy (non-hydrogen) atoms. The monoisotopic (exact) mass is 581 g/mol. The lowest BCUT2D eigenvalue weighted by Crippen LogP contribution is -2.39. The lowest BCUT2D eigenvalue weighted by Gasteiger charge is -2.39. The van der Waals surface area contributed by atoms with Crippen LogP contribution in [0.4, 0.5) is 5.82 Å². The van der Waals surface area contributed by atoms with Crippen LogP contribution in [0.5, 0.6) is 0 Å². The number of nitrogens with zero attached hydrogens (tertiary/aromatic N) is 5. The van der Waals surface area contributed by atoms with Crippen LogP contribution in [0.2, 0.25) is 5.28 Å². The topological polar surface area (TPSA) is 201 Å². The summed E-state index contributed by atoms with van der Waals surface area (Å²) in [6, 6.07) is 0. The van der Waals surface area contributed by atoms with E-state index in [9.17, 15) is 24.2 Å². The van der Waals surface area contributed by atoms with Gasteiger partial charge in [0.2, 0.25) is 5.28 Å². The van der Waals surface area contributed by atoms with Gasteiger partial charge < -0.3 is 39.1 Å². The van der Waals surface area contributed by atoms with Gasteiger partial charge >= 0.3 is 15.2 Å². The number of imidazole rings is 1. The Morgan fingerprint density at radius 3 is 2.41 bits per heavy atom. The summed E-state index contributed by atoms with van der Waals surface area (Å²) in [5.41, 5.74) is 1.14. The summed E-state index contributed by atoms with van der Waals surface area (Å²) in [5.74, 6) is -0.801. The zero-order valence-electron chi connectivity index (χ0n) is 19.8.